The number of rotatable bonds is 6. The minimum atomic E-state index is -0.974. The average molecular weight is 246 g/mol. The number of ether oxygens (including phenoxy) is 1. The zero-order valence-electron chi connectivity index (χ0n) is 11.1. The van der Waals surface area contributed by atoms with Crippen molar-refractivity contribution in [2.24, 2.45) is 5.41 Å². The Bertz CT molecular complexity index is 225. The molecule has 1 fully saturated rings. The highest BCUT2D eigenvalue weighted by Crippen LogP contribution is 2.41. The van der Waals surface area contributed by atoms with E-state index < -0.39 is 18.3 Å². The first kappa shape index (κ1) is 14.9. The maximum Gasteiger partial charge on any atom is 0.111 e. The Labute approximate surface area is 104 Å². The molecule has 1 aliphatic rings. The van der Waals surface area contributed by atoms with Crippen LogP contribution in [-0.4, -0.2) is 46.3 Å². The van der Waals surface area contributed by atoms with Crippen LogP contribution >= 0.6 is 0 Å². The lowest BCUT2D eigenvalue weighted by molar-refractivity contribution is -0.0820. The Kier molecular flexibility index (Phi) is 5.38. The fourth-order valence-corrected chi connectivity index (χ4v) is 3.03. The van der Waals surface area contributed by atoms with Crippen molar-refractivity contribution in [3.63, 3.8) is 0 Å². The van der Waals surface area contributed by atoms with Crippen molar-refractivity contribution in [1.82, 2.24) is 0 Å². The van der Waals surface area contributed by atoms with Crippen LogP contribution in [0.1, 0.15) is 46.5 Å². The minimum absolute atomic E-state index is 0.131. The number of aliphatic hydroxyl groups excluding tert-OH is 3. The fourth-order valence-electron chi connectivity index (χ4n) is 3.03. The van der Waals surface area contributed by atoms with Gasteiger partial charge in [-0.05, 0) is 18.3 Å². The minimum Gasteiger partial charge on any atom is -0.394 e. The standard InChI is InChI=1S/C13H26O4/c1-4-6-13(3,7-5-2)12-11(16)10(15)9(8-14)17-12/h9-12,14-16H,4-8H2,1-3H3. The van der Waals surface area contributed by atoms with Crippen molar-refractivity contribution in [2.45, 2.75) is 70.9 Å². The van der Waals surface area contributed by atoms with Gasteiger partial charge < -0.3 is 20.1 Å². The van der Waals surface area contributed by atoms with Gasteiger partial charge in [-0.1, -0.05) is 33.6 Å². The van der Waals surface area contributed by atoms with Crippen LogP contribution in [0.25, 0.3) is 0 Å². The summed E-state index contributed by atoms with van der Waals surface area (Å²) in [6.07, 6.45) is 1.04. The lowest BCUT2D eigenvalue weighted by Gasteiger charge is -2.36. The third-order valence-corrected chi connectivity index (χ3v) is 3.87. The number of aliphatic hydroxyl groups is 3. The second-order valence-electron chi connectivity index (χ2n) is 5.41. The normalized spacial score (nSPS) is 34.2. The molecule has 0 amide bonds. The Hall–Kier alpha value is -0.160. The molecule has 1 heterocycles. The van der Waals surface area contributed by atoms with Crippen LogP contribution in [0.15, 0.2) is 0 Å². The summed E-state index contributed by atoms with van der Waals surface area (Å²) in [4.78, 5) is 0. The van der Waals surface area contributed by atoms with Gasteiger partial charge in [-0.15, -0.1) is 0 Å². The fraction of sp³-hybridized carbons (Fsp3) is 1.00. The highest BCUT2D eigenvalue weighted by Gasteiger charge is 2.49. The van der Waals surface area contributed by atoms with Crippen LogP contribution in [0.4, 0.5) is 0 Å². The van der Waals surface area contributed by atoms with Gasteiger partial charge in [0, 0.05) is 0 Å². The summed E-state index contributed by atoms with van der Waals surface area (Å²) >= 11 is 0. The van der Waals surface area contributed by atoms with Gasteiger partial charge in [-0.25, -0.2) is 0 Å². The molecule has 17 heavy (non-hydrogen) atoms. The summed E-state index contributed by atoms with van der Waals surface area (Å²) < 4.78 is 5.66. The number of hydrogen-bond donors (Lipinski definition) is 3. The van der Waals surface area contributed by atoms with Gasteiger partial charge in [0.05, 0.1) is 12.7 Å². The van der Waals surface area contributed by atoms with E-state index in [0.717, 1.165) is 25.7 Å². The third-order valence-electron chi connectivity index (χ3n) is 3.87. The summed E-state index contributed by atoms with van der Waals surface area (Å²) in [5, 5.41) is 29.0. The first-order valence-corrected chi connectivity index (χ1v) is 6.62. The Morgan fingerprint density at radius 3 is 1.94 bits per heavy atom. The highest BCUT2D eigenvalue weighted by atomic mass is 16.6. The van der Waals surface area contributed by atoms with E-state index in [4.69, 9.17) is 9.84 Å². The van der Waals surface area contributed by atoms with E-state index in [2.05, 4.69) is 20.8 Å². The lowest BCUT2D eigenvalue weighted by atomic mass is 9.74. The summed E-state index contributed by atoms with van der Waals surface area (Å²) in [6, 6.07) is 0. The largest absolute Gasteiger partial charge is 0.394 e. The van der Waals surface area contributed by atoms with Gasteiger partial charge >= 0.3 is 0 Å². The van der Waals surface area contributed by atoms with Crippen molar-refractivity contribution < 1.29 is 20.1 Å². The molecule has 1 rings (SSSR count). The van der Waals surface area contributed by atoms with Crippen molar-refractivity contribution in [2.75, 3.05) is 6.61 Å². The SMILES string of the molecule is CCCC(C)(CCC)C1OC(CO)C(O)C1O. The van der Waals surface area contributed by atoms with Crippen molar-refractivity contribution in [3.05, 3.63) is 0 Å². The number of hydrogen-bond acceptors (Lipinski definition) is 4. The molecule has 0 radical (unpaired) electrons. The summed E-state index contributed by atoms with van der Waals surface area (Å²) in [5.41, 5.74) is -0.131. The van der Waals surface area contributed by atoms with Crippen LogP contribution in [0.3, 0.4) is 0 Å². The molecule has 0 aliphatic carbocycles. The van der Waals surface area contributed by atoms with Gasteiger partial charge in [0.1, 0.15) is 18.3 Å². The predicted molar refractivity (Wildman–Crippen MR) is 65.7 cm³/mol. The van der Waals surface area contributed by atoms with Gasteiger partial charge in [0.25, 0.3) is 0 Å². The maximum absolute atomic E-state index is 10.1. The van der Waals surface area contributed by atoms with Crippen molar-refractivity contribution in [1.29, 1.82) is 0 Å². The van der Waals surface area contributed by atoms with Crippen LogP contribution in [-0.2, 0) is 4.74 Å². The second-order valence-corrected chi connectivity index (χ2v) is 5.41. The average Bonchev–Trinajstić information content (AvgIpc) is 2.57. The van der Waals surface area contributed by atoms with E-state index in [1.807, 2.05) is 0 Å². The zero-order chi connectivity index (χ0) is 13.1. The van der Waals surface area contributed by atoms with Crippen molar-refractivity contribution in [3.8, 4) is 0 Å². The van der Waals surface area contributed by atoms with E-state index in [1.54, 1.807) is 0 Å². The Morgan fingerprint density at radius 1 is 1.06 bits per heavy atom. The molecule has 0 aromatic rings. The maximum atomic E-state index is 10.1. The van der Waals surface area contributed by atoms with Crippen LogP contribution in [0, 0.1) is 5.41 Å². The molecule has 0 saturated carbocycles. The van der Waals surface area contributed by atoms with Crippen molar-refractivity contribution >= 4 is 0 Å². The molecule has 0 bridgehead atoms. The van der Waals surface area contributed by atoms with Gasteiger partial charge in [0.15, 0.2) is 0 Å². The van der Waals surface area contributed by atoms with Crippen LogP contribution in [0.5, 0.6) is 0 Å². The lowest BCUT2D eigenvalue weighted by Crippen LogP contribution is -2.42. The summed E-state index contributed by atoms with van der Waals surface area (Å²) in [6.45, 7) is 6.06. The predicted octanol–water partition coefficient (Wildman–Crippen LogP) is 1.07. The molecule has 1 saturated heterocycles. The first-order chi connectivity index (χ1) is 8.00. The molecule has 0 spiro atoms. The smallest absolute Gasteiger partial charge is 0.111 e. The first-order valence-electron chi connectivity index (χ1n) is 6.62. The molecular formula is C13H26O4. The molecule has 4 heteroatoms. The van der Waals surface area contributed by atoms with E-state index in [0.29, 0.717) is 0 Å². The van der Waals surface area contributed by atoms with Gasteiger partial charge in [-0.2, -0.15) is 0 Å². The highest BCUT2D eigenvalue weighted by molar-refractivity contribution is 4.98. The molecule has 4 atom stereocenters. The van der Waals surface area contributed by atoms with E-state index in [-0.39, 0.29) is 18.1 Å². The monoisotopic (exact) mass is 246 g/mol. The third kappa shape index (κ3) is 2.99. The Morgan fingerprint density at radius 2 is 1.59 bits per heavy atom. The molecule has 0 aromatic carbocycles. The molecule has 4 nitrogen and oxygen atoms in total. The second kappa shape index (κ2) is 6.14. The molecule has 3 N–H and O–H groups in total. The zero-order valence-corrected chi connectivity index (χ0v) is 11.1. The van der Waals surface area contributed by atoms with Gasteiger partial charge in [-0.3, -0.25) is 0 Å². The van der Waals surface area contributed by atoms with E-state index in [1.165, 1.54) is 0 Å². The topological polar surface area (TPSA) is 69.9 Å². The van der Waals surface area contributed by atoms with Crippen LogP contribution in [0.2, 0.25) is 0 Å². The van der Waals surface area contributed by atoms with Crippen LogP contribution < -0.4 is 0 Å². The molecule has 4 unspecified atom stereocenters. The molecule has 102 valence electrons. The molecule has 0 aromatic heterocycles. The summed E-state index contributed by atoms with van der Waals surface area (Å²) in [7, 11) is 0. The molecule has 1 aliphatic heterocycles. The Balaban J connectivity index is 2.81. The molecular weight excluding hydrogens is 220 g/mol. The van der Waals surface area contributed by atoms with E-state index in [9.17, 15) is 10.2 Å². The quantitative estimate of drug-likeness (QED) is 0.656. The van der Waals surface area contributed by atoms with E-state index >= 15 is 0 Å². The van der Waals surface area contributed by atoms with Gasteiger partial charge in [0.2, 0.25) is 0 Å². The summed E-state index contributed by atoms with van der Waals surface area (Å²) in [5.74, 6) is 0.